The molecule has 3 aromatic rings. The lowest BCUT2D eigenvalue weighted by atomic mass is 9.99. The Balaban J connectivity index is 1.56. The summed E-state index contributed by atoms with van der Waals surface area (Å²) < 4.78 is 5.74. The van der Waals surface area contributed by atoms with Crippen molar-refractivity contribution in [2.24, 2.45) is 5.92 Å². The molecule has 0 spiro atoms. The van der Waals surface area contributed by atoms with E-state index in [1.54, 1.807) is 0 Å². The predicted octanol–water partition coefficient (Wildman–Crippen LogP) is 4.91. The molecule has 2 aromatic carbocycles. The summed E-state index contributed by atoms with van der Waals surface area (Å²) in [5.74, 6) is 0.608. The lowest BCUT2D eigenvalue weighted by Crippen LogP contribution is -2.15. The Morgan fingerprint density at radius 2 is 1.97 bits per heavy atom. The molecule has 1 fully saturated rings. The van der Waals surface area contributed by atoms with E-state index in [1.807, 2.05) is 55.5 Å². The molecule has 1 amide bonds. The SMILES string of the molecule is Cc1c(NC(=O)c2cc(OCC3CC3)c(C=O)cn2)cccc1-c1ccccc1. The van der Waals surface area contributed by atoms with Gasteiger partial charge in [-0.15, -0.1) is 0 Å². The van der Waals surface area contributed by atoms with Gasteiger partial charge < -0.3 is 10.1 Å². The van der Waals surface area contributed by atoms with Crippen LogP contribution in [0.25, 0.3) is 11.1 Å². The molecule has 5 nitrogen and oxygen atoms in total. The molecule has 1 aliphatic carbocycles. The van der Waals surface area contributed by atoms with Crippen molar-refractivity contribution in [1.82, 2.24) is 4.98 Å². The smallest absolute Gasteiger partial charge is 0.274 e. The monoisotopic (exact) mass is 386 g/mol. The predicted molar refractivity (Wildman–Crippen MR) is 112 cm³/mol. The van der Waals surface area contributed by atoms with E-state index >= 15 is 0 Å². The van der Waals surface area contributed by atoms with Gasteiger partial charge in [0.2, 0.25) is 0 Å². The number of nitrogens with one attached hydrogen (secondary N) is 1. The van der Waals surface area contributed by atoms with Crippen LogP contribution < -0.4 is 10.1 Å². The van der Waals surface area contributed by atoms with E-state index in [1.165, 1.54) is 12.3 Å². The maximum Gasteiger partial charge on any atom is 0.274 e. The molecule has 146 valence electrons. The van der Waals surface area contributed by atoms with E-state index < -0.39 is 0 Å². The number of amides is 1. The van der Waals surface area contributed by atoms with Gasteiger partial charge in [-0.25, -0.2) is 0 Å². The number of carbonyl (C=O) groups is 2. The van der Waals surface area contributed by atoms with Gasteiger partial charge in [0.15, 0.2) is 6.29 Å². The quantitative estimate of drug-likeness (QED) is 0.586. The number of anilines is 1. The van der Waals surface area contributed by atoms with Gasteiger partial charge in [-0.3, -0.25) is 14.6 Å². The highest BCUT2D eigenvalue weighted by atomic mass is 16.5. The fourth-order valence-corrected chi connectivity index (χ4v) is 3.17. The van der Waals surface area contributed by atoms with Crippen LogP contribution in [0.5, 0.6) is 5.75 Å². The first-order valence-electron chi connectivity index (χ1n) is 9.70. The largest absolute Gasteiger partial charge is 0.492 e. The maximum absolute atomic E-state index is 12.8. The van der Waals surface area contributed by atoms with Gasteiger partial charge in [-0.2, -0.15) is 0 Å². The van der Waals surface area contributed by atoms with Crippen molar-refractivity contribution in [2.75, 3.05) is 11.9 Å². The van der Waals surface area contributed by atoms with Crippen LogP contribution in [0.3, 0.4) is 0 Å². The third-order valence-electron chi connectivity index (χ3n) is 5.09. The van der Waals surface area contributed by atoms with Gasteiger partial charge in [0, 0.05) is 18.0 Å². The number of rotatable bonds is 7. The number of pyridine rings is 1. The number of benzene rings is 2. The lowest BCUT2D eigenvalue weighted by Gasteiger charge is -2.13. The first kappa shape index (κ1) is 18.9. The normalized spacial score (nSPS) is 13.0. The van der Waals surface area contributed by atoms with E-state index in [0.29, 0.717) is 30.1 Å². The number of aldehydes is 1. The standard InChI is InChI=1S/C24H22N2O3/c1-16-20(18-6-3-2-4-7-18)8-5-9-21(16)26-24(28)22-12-23(19(14-27)13-25-22)29-15-17-10-11-17/h2-9,12-14,17H,10-11,15H2,1H3,(H,26,28). The third-order valence-corrected chi connectivity index (χ3v) is 5.09. The Kier molecular flexibility index (Phi) is 5.38. The van der Waals surface area contributed by atoms with Gasteiger partial charge in [-0.05, 0) is 48.4 Å². The molecule has 1 heterocycles. The van der Waals surface area contributed by atoms with Crippen molar-refractivity contribution in [3.8, 4) is 16.9 Å². The van der Waals surface area contributed by atoms with Crippen LogP contribution in [-0.4, -0.2) is 23.8 Å². The topological polar surface area (TPSA) is 68.3 Å². The molecular weight excluding hydrogens is 364 g/mol. The molecule has 4 rings (SSSR count). The van der Waals surface area contributed by atoms with E-state index in [4.69, 9.17) is 4.74 Å². The molecule has 29 heavy (non-hydrogen) atoms. The number of hydrogen-bond donors (Lipinski definition) is 1. The zero-order chi connectivity index (χ0) is 20.2. The molecule has 1 N–H and O–H groups in total. The summed E-state index contributed by atoms with van der Waals surface area (Å²) >= 11 is 0. The number of hydrogen-bond acceptors (Lipinski definition) is 4. The minimum absolute atomic E-state index is 0.214. The third kappa shape index (κ3) is 4.35. The molecule has 1 aliphatic rings. The van der Waals surface area contributed by atoms with Gasteiger partial charge in [0.05, 0.1) is 12.2 Å². The highest BCUT2D eigenvalue weighted by Gasteiger charge is 2.23. The zero-order valence-electron chi connectivity index (χ0n) is 16.2. The second kappa shape index (κ2) is 8.27. The van der Waals surface area contributed by atoms with Gasteiger partial charge in [-0.1, -0.05) is 42.5 Å². The van der Waals surface area contributed by atoms with Gasteiger partial charge in [0.25, 0.3) is 5.91 Å². The molecule has 0 saturated heterocycles. The Labute approximate surface area is 169 Å². The zero-order valence-corrected chi connectivity index (χ0v) is 16.2. The molecule has 1 aromatic heterocycles. The summed E-state index contributed by atoms with van der Waals surface area (Å²) in [4.78, 5) is 28.2. The summed E-state index contributed by atoms with van der Waals surface area (Å²) in [5.41, 5.74) is 4.40. The minimum Gasteiger partial charge on any atom is -0.492 e. The number of ether oxygens (including phenoxy) is 1. The van der Waals surface area contributed by atoms with Crippen molar-refractivity contribution in [3.63, 3.8) is 0 Å². The van der Waals surface area contributed by atoms with Crippen molar-refractivity contribution in [2.45, 2.75) is 19.8 Å². The molecule has 0 bridgehead atoms. The Morgan fingerprint density at radius 1 is 1.17 bits per heavy atom. The molecule has 0 radical (unpaired) electrons. The summed E-state index contributed by atoms with van der Waals surface area (Å²) in [5, 5.41) is 2.93. The van der Waals surface area contributed by atoms with Crippen LogP contribution >= 0.6 is 0 Å². The highest BCUT2D eigenvalue weighted by Crippen LogP contribution is 2.31. The molecule has 0 atom stereocenters. The Bertz CT molecular complexity index is 1040. The summed E-state index contributed by atoms with van der Waals surface area (Å²) in [7, 11) is 0. The van der Waals surface area contributed by atoms with Gasteiger partial charge >= 0.3 is 0 Å². The summed E-state index contributed by atoms with van der Waals surface area (Å²) in [6.07, 6.45) is 4.37. The molecular formula is C24H22N2O3. The van der Waals surface area contributed by atoms with Gasteiger partial charge in [0.1, 0.15) is 11.4 Å². The van der Waals surface area contributed by atoms with Crippen molar-refractivity contribution in [3.05, 3.63) is 77.6 Å². The van der Waals surface area contributed by atoms with Crippen LogP contribution in [0.15, 0.2) is 60.8 Å². The number of carbonyl (C=O) groups excluding carboxylic acids is 2. The van der Waals surface area contributed by atoms with E-state index in [-0.39, 0.29) is 11.6 Å². The summed E-state index contributed by atoms with van der Waals surface area (Å²) in [6.45, 7) is 2.54. The first-order valence-corrected chi connectivity index (χ1v) is 9.70. The minimum atomic E-state index is -0.341. The van der Waals surface area contributed by atoms with Crippen LogP contribution in [0, 0.1) is 12.8 Å². The lowest BCUT2D eigenvalue weighted by molar-refractivity contribution is 0.102. The number of nitrogens with zero attached hydrogens (tertiary/aromatic N) is 1. The fourth-order valence-electron chi connectivity index (χ4n) is 3.17. The van der Waals surface area contributed by atoms with E-state index in [2.05, 4.69) is 10.3 Å². The second-order valence-corrected chi connectivity index (χ2v) is 7.28. The Hall–Kier alpha value is -3.47. The van der Waals surface area contributed by atoms with E-state index in [9.17, 15) is 9.59 Å². The van der Waals surface area contributed by atoms with Crippen molar-refractivity contribution in [1.29, 1.82) is 0 Å². The average Bonchev–Trinajstić information content (AvgIpc) is 3.58. The Morgan fingerprint density at radius 3 is 2.69 bits per heavy atom. The summed E-state index contributed by atoms with van der Waals surface area (Å²) in [6, 6.07) is 17.4. The fraction of sp³-hybridized carbons (Fsp3) is 0.208. The van der Waals surface area contributed by atoms with Crippen LogP contribution in [0.1, 0.15) is 39.3 Å². The van der Waals surface area contributed by atoms with Crippen LogP contribution in [0.4, 0.5) is 5.69 Å². The second-order valence-electron chi connectivity index (χ2n) is 7.28. The van der Waals surface area contributed by atoms with E-state index in [0.717, 1.165) is 35.2 Å². The molecule has 0 aliphatic heterocycles. The van der Waals surface area contributed by atoms with Crippen molar-refractivity contribution < 1.29 is 14.3 Å². The average molecular weight is 386 g/mol. The molecule has 0 unspecified atom stereocenters. The van der Waals surface area contributed by atoms with Crippen LogP contribution in [-0.2, 0) is 0 Å². The maximum atomic E-state index is 12.8. The number of aromatic nitrogens is 1. The van der Waals surface area contributed by atoms with Crippen molar-refractivity contribution >= 4 is 17.9 Å². The highest BCUT2D eigenvalue weighted by molar-refractivity contribution is 6.04. The molecule has 1 saturated carbocycles. The molecule has 5 heteroatoms. The first-order chi connectivity index (χ1) is 14.2. The van der Waals surface area contributed by atoms with Crippen LogP contribution in [0.2, 0.25) is 0 Å².